The second-order valence-corrected chi connectivity index (χ2v) is 7.02. The molecule has 0 radical (unpaired) electrons. The minimum absolute atomic E-state index is 0. The topological polar surface area (TPSA) is 68.2 Å². The zero-order valence-corrected chi connectivity index (χ0v) is 16.8. The molecule has 2 N–H and O–H groups in total. The fourth-order valence-corrected chi connectivity index (χ4v) is 3.55. The van der Waals surface area contributed by atoms with Crippen LogP contribution in [0.25, 0.3) is 5.69 Å². The van der Waals surface area contributed by atoms with Crippen LogP contribution in [0.5, 0.6) is 0 Å². The van der Waals surface area contributed by atoms with Gasteiger partial charge in [-0.3, -0.25) is 4.79 Å². The highest BCUT2D eigenvalue weighted by Crippen LogP contribution is 2.34. The first-order chi connectivity index (χ1) is 13.4. The molecule has 29 heavy (non-hydrogen) atoms. The van der Waals surface area contributed by atoms with Crippen molar-refractivity contribution in [3.8, 4) is 5.69 Å². The minimum Gasteiger partial charge on any atom is -0.384 e. The summed E-state index contributed by atoms with van der Waals surface area (Å²) in [6.45, 7) is 2.23. The van der Waals surface area contributed by atoms with Crippen LogP contribution >= 0.6 is 12.4 Å². The van der Waals surface area contributed by atoms with Crippen molar-refractivity contribution in [2.24, 2.45) is 5.41 Å². The molecule has 2 heterocycles. The Balaban J connectivity index is 0.00000300. The molecule has 1 aliphatic heterocycles. The highest BCUT2D eigenvalue weighted by Gasteiger charge is 2.41. The number of carbonyl (C=O) groups is 1. The van der Waals surface area contributed by atoms with Crippen molar-refractivity contribution >= 4 is 18.3 Å². The molecule has 1 aromatic heterocycles. The number of ether oxygens (including phenoxy) is 1. The van der Waals surface area contributed by atoms with E-state index < -0.39 is 23.3 Å². The van der Waals surface area contributed by atoms with Gasteiger partial charge in [0.1, 0.15) is 0 Å². The second kappa shape index (κ2) is 9.60. The van der Waals surface area contributed by atoms with E-state index in [0.29, 0.717) is 6.61 Å². The first-order valence-electron chi connectivity index (χ1n) is 9.05. The molecule has 0 aliphatic carbocycles. The number of amides is 1. The summed E-state index contributed by atoms with van der Waals surface area (Å²) in [4.78, 5) is 12.6. The number of para-hydroxylation sites is 1. The molecule has 0 saturated carbocycles. The van der Waals surface area contributed by atoms with Gasteiger partial charge in [-0.05, 0) is 38.1 Å². The van der Waals surface area contributed by atoms with E-state index in [1.54, 1.807) is 25.3 Å². The van der Waals surface area contributed by atoms with Gasteiger partial charge in [0.05, 0.1) is 24.1 Å². The maximum Gasteiger partial charge on any atom is 0.434 e. The predicted octanol–water partition coefficient (Wildman–Crippen LogP) is 3.06. The Kier molecular flexibility index (Phi) is 7.67. The Hall–Kier alpha value is -2.10. The summed E-state index contributed by atoms with van der Waals surface area (Å²) in [5.74, 6) is -0.788. The molecule has 1 fully saturated rings. The fourth-order valence-electron chi connectivity index (χ4n) is 3.55. The number of aromatic nitrogens is 2. The number of alkyl halides is 3. The van der Waals surface area contributed by atoms with E-state index in [9.17, 15) is 18.0 Å². The van der Waals surface area contributed by atoms with Gasteiger partial charge in [-0.15, -0.1) is 12.4 Å². The second-order valence-electron chi connectivity index (χ2n) is 7.02. The maximum atomic E-state index is 13.7. The smallest absolute Gasteiger partial charge is 0.384 e. The number of nitrogens with zero attached hydrogens (tertiary/aromatic N) is 2. The van der Waals surface area contributed by atoms with Crippen molar-refractivity contribution in [1.29, 1.82) is 0 Å². The summed E-state index contributed by atoms with van der Waals surface area (Å²) < 4.78 is 47.2. The van der Waals surface area contributed by atoms with Gasteiger partial charge in [0.2, 0.25) is 0 Å². The summed E-state index contributed by atoms with van der Waals surface area (Å²) in [5, 5.41) is 9.73. The van der Waals surface area contributed by atoms with E-state index in [2.05, 4.69) is 15.7 Å². The van der Waals surface area contributed by atoms with Crippen molar-refractivity contribution in [2.75, 3.05) is 33.4 Å². The Bertz CT molecular complexity index is 800. The number of benzene rings is 1. The highest BCUT2D eigenvalue weighted by molar-refractivity contribution is 5.95. The third-order valence-electron chi connectivity index (χ3n) is 5.02. The van der Waals surface area contributed by atoms with Gasteiger partial charge in [0.25, 0.3) is 5.91 Å². The molecular weight excluding hydrogens is 409 g/mol. The average molecular weight is 433 g/mol. The van der Waals surface area contributed by atoms with Crippen LogP contribution in [-0.2, 0) is 10.9 Å². The van der Waals surface area contributed by atoms with Crippen LogP contribution in [-0.4, -0.2) is 49.0 Å². The lowest BCUT2D eigenvalue weighted by Gasteiger charge is -2.37. The van der Waals surface area contributed by atoms with Crippen molar-refractivity contribution in [3.63, 3.8) is 0 Å². The maximum absolute atomic E-state index is 13.7. The van der Waals surface area contributed by atoms with Gasteiger partial charge >= 0.3 is 6.18 Å². The molecule has 1 saturated heterocycles. The molecule has 0 spiro atoms. The van der Waals surface area contributed by atoms with Crippen LogP contribution in [0.1, 0.15) is 28.9 Å². The van der Waals surface area contributed by atoms with Gasteiger partial charge in [0, 0.05) is 19.1 Å². The molecule has 0 unspecified atom stereocenters. The number of hydrogen-bond donors (Lipinski definition) is 2. The molecule has 160 valence electrons. The number of piperidine rings is 1. The first-order valence-corrected chi connectivity index (χ1v) is 9.05. The summed E-state index contributed by atoms with van der Waals surface area (Å²) in [6, 6.07) is 7.94. The largest absolute Gasteiger partial charge is 0.434 e. The van der Waals surface area contributed by atoms with Crippen LogP contribution in [0.4, 0.5) is 13.2 Å². The molecule has 1 aromatic carbocycles. The number of nitrogens with one attached hydrogen (secondary N) is 2. The standard InChI is InChI=1S/C19H23F3N4O2.ClH/c1-28-13-18(7-9-23-10-8-18)12-24-17(27)15-11-25-26(16(15)19(20,21)22)14-5-3-2-4-6-14;/h2-6,11,23H,7-10,12-13H2,1H3,(H,24,27);1H. The van der Waals surface area contributed by atoms with E-state index in [4.69, 9.17) is 4.74 Å². The van der Waals surface area contributed by atoms with Crippen molar-refractivity contribution in [1.82, 2.24) is 20.4 Å². The summed E-state index contributed by atoms with van der Waals surface area (Å²) in [5.41, 5.74) is -1.62. The van der Waals surface area contributed by atoms with Crippen LogP contribution < -0.4 is 10.6 Å². The summed E-state index contributed by atoms with van der Waals surface area (Å²) >= 11 is 0. The lowest BCUT2D eigenvalue weighted by atomic mass is 9.79. The number of rotatable bonds is 6. The Labute approximate surface area is 173 Å². The van der Waals surface area contributed by atoms with Crippen molar-refractivity contribution in [2.45, 2.75) is 19.0 Å². The Morgan fingerprint density at radius 1 is 1.28 bits per heavy atom. The van der Waals surface area contributed by atoms with E-state index in [1.165, 1.54) is 12.1 Å². The summed E-state index contributed by atoms with van der Waals surface area (Å²) in [6.07, 6.45) is -2.21. The van der Waals surface area contributed by atoms with Gasteiger partial charge in [-0.1, -0.05) is 18.2 Å². The van der Waals surface area contributed by atoms with Gasteiger partial charge < -0.3 is 15.4 Å². The molecular formula is C19H24ClF3N4O2. The SMILES string of the molecule is COCC1(CNC(=O)c2cnn(-c3ccccc3)c2C(F)(F)F)CCNCC1.Cl. The van der Waals surface area contributed by atoms with E-state index in [-0.39, 0.29) is 30.1 Å². The normalized spacial score (nSPS) is 16.1. The number of hydrogen-bond acceptors (Lipinski definition) is 4. The van der Waals surface area contributed by atoms with Crippen LogP contribution in [0.15, 0.2) is 36.5 Å². The molecule has 10 heteroatoms. The first kappa shape index (κ1) is 23.2. The number of methoxy groups -OCH3 is 1. The molecule has 6 nitrogen and oxygen atoms in total. The zero-order chi connectivity index (χ0) is 20.2. The lowest BCUT2D eigenvalue weighted by Crippen LogP contribution is -2.47. The molecule has 1 amide bonds. The third-order valence-corrected chi connectivity index (χ3v) is 5.02. The van der Waals surface area contributed by atoms with Gasteiger partial charge in [0.15, 0.2) is 5.69 Å². The molecule has 0 bridgehead atoms. The Morgan fingerprint density at radius 2 is 1.93 bits per heavy atom. The monoisotopic (exact) mass is 432 g/mol. The van der Waals surface area contributed by atoms with Gasteiger partial charge in [-0.25, -0.2) is 4.68 Å². The zero-order valence-electron chi connectivity index (χ0n) is 16.0. The van der Waals surface area contributed by atoms with Gasteiger partial charge in [-0.2, -0.15) is 18.3 Å². The average Bonchev–Trinajstić information content (AvgIpc) is 3.14. The van der Waals surface area contributed by atoms with Crippen molar-refractivity contribution in [3.05, 3.63) is 47.8 Å². The van der Waals surface area contributed by atoms with E-state index in [1.807, 2.05) is 0 Å². The van der Waals surface area contributed by atoms with Crippen LogP contribution in [0.3, 0.4) is 0 Å². The molecule has 2 aromatic rings. The molecule has 0 atom stereocenters. The molecule has 1 aliphatic rings. The molecule has 3 rings (SSSR count). The predicted molar refractivity (Wildman–Crippen MR) is 105 cm³/mol. The third kappa shape index (κ3) is 5.29. The number of carbonyl (C=O) groups excluding carboxylic acids is 1. The van der Waals surface area contributed by atoms with E-state index in [0.717, 1.165) is 36.8 Å². The summed E-state index contributed by atoms with van der Waals surface area (Å²) in [7, 11) is 1.58. The van der Waals surface area contributed by atoms with E-state index >= 15 is 0 Å². The van der Waals surface area contributed by atoms with Crippen LogP contribution in [0.2, 0.25) is 0 Å². The fraction of sp³-hybridized carbons (Fsp3) is 0.474. The van der Waals surface area contributed by atoms with Crippen LogP contribution in [0, 0.1) is 5.41 Å². The lowest BCUT2D eigenvalue weighted by molar-refractivity contribution is -0.143. The Morgan fingerprint density at radius 3 is 2.52 bits per heavy atom. The minimum atomic E-state index is -4.72. The highest BCUT2D eigenvalue weighted by atomic mass is 35.5. The quantitative estimate of drug-likeness (QED) is 0.736. The van der Waals surface area contributed by atoms with Crippen molar-refractivity contribution < 1.29 is 22.7 Å². The number of halogens is 4.